The Bertz CT molecular complexity index is 405. The Morgan fingerprint density at radius 2 is 1.32 bits per heavy atom. The summed E-state index contributed by atoms with van der Waals surface area (Å²) in [5, 5.41) is 11.1. The number of carbonyl (C=O) groups excluding carboxylic acids is 2. The van der Waals surface area contributed by atoms with E-state index in [9.17, 15) is 14.4 Å². The second kappa shape index (κ2) is 17.2. The highest BCUT2D eigenvalue weighted by atomic mass is 16.4. The number of hydrogen-bond acceptors (Lipinski definition) is 3. The van der Waals surface area contributed by atoms with Crippen molar-refractivity contribution in [3.63, 3.8) is 0 Å². The molecule has 0 heterocycles. The smallest absolute Gasteiger partial charge is 0.303 e. The van der Waals surface area contributed by atoms with Crippen LogP contribution in [0.4, 0.5) is 0 Å². The fourth-order valence-corrected chi connectivity index (χ4v) is 2.56. The molecule has 0 rings (SSSR count). The minimum Gasteiger partial charge on any atom is -0.481 e. The Morgan fingerprint density at radius 1 is 0.800 bits per heavy atom. The first kappa shape index (κ1) is 23.4. The van der Waals surface area contributed by atoms with Crippen LogP contribution in [-0.2, 0) is 14.4 Å². The third kappa shape index (κ3) is 17.0. The van der Waals surface area contributed by atoms with Crippen molar-refractivity contribution in [2.75, 3.05) is 6.54 Å². The van der Waals surface area contributed by atoms with E-state index in [4.69, 9.17) is 5.11 Å². The van der Waals surface area contributed by atoms with Crippen LogP contribution in [0, 0.1) is 0 Å². The van der Waals surface area contributed by atoms with E-state index in [-0.39, 0.29) is 12.2 Å². The minimum atomic E-state index is -0.689. The number of rotatable bonds is 17. The zero-order chi connectivity index (χ0) is 18.8. The topological polar surface area (TPSA) is 83.5 Å². The van der Waals surface area contributed by atoms with Crippen LogP contribution in [0.2, 0.25) is 0 Å². The van der Waals surface area contributed by atoms with Gasteiger partial charge in [-0.25, -0.2) is 0 Å². The molecule has 144 valence electrons. The molecule has 0 bridgehead atoms. The fourth-order valence-electron chi connectivity index (χ4n) is 2.56. The lowest BCUT2D eigenvalue weighted by molar-refractivity contribution is -0.137. The quantitative estimate of drug-likeness (QED) is 0.230. The van der Waals surface area contributed by atoms with Gasteiger partial charge in [-0.1, -0.05) is 70.4 Å². The molecule has 0 aromatic heterocycles. The summed E-state index contributed by atoms with van der Waals surface area (Å²) in [5.41, 5.74) is 0. The van der Waals surface area contributed by atoms with Crippen molar-refractivity contribution in [2.24, 2.45) is 0 Å². The van der Waals surface area contributed by atoms with Gasteiger partial charge < -0.3 is 10.4 Å². The van der Waals surface area contributed by atoms with Crippen molar-refractivity contribution in [2.45, 2.75) is 90.4 Å². The van der Waals surface area contributed by atoms with Gasteiger partial charge in [0.05, 0.1) is 0 Å². The molecule has 1 amide bonds. The molecular weight excluding hydrogens is 318 g/mol. The lowest BCUT2D eigenvalue weighted by Crippen LogP contribution is -2.30. The number of aliphatic carboxylic acids is 1. The van der Waals surface area contributed by atoms with E-state index < -0.39 is 11.9 Å². The van der Waals surface area contributed by atoms with Crippen LogP contribution in [0.25, 0.3) is 0 Å². The van der Waals surface area contributed by atoms with E-state index >= 15 is 0 Å². The second-order valence-electron chi connectivity index (χ2n) is 6.43. The Hall–Kier alpha value is -1.65. The second-order valence-corrected chi connectivity index (χ2v) is 6.43. The number of carboxylic acid groups (broad SMARTS) is 1. The molecule has 0 aliphatic rings. The van der Waals surface area contributed by atoms with E-state index in [2.05, 4.69) is 11.4 Å². The first-order valence-corrected chi connectivity index (χ1v) is 9.75. The average molecular weight is 354 g/mol. The Kier molecular flexibility index (Phi) is 16.0. The summed E-state index contributed by atoms with van der Waals surface area (Å²) in [6, 6.07) is 0. The fraction of sp³-hybridized carbons (Fsp3) is 0.750. The predicted molar refractivity (Wildman–Crippen MR) is 100 cm³/mol. The minimum absolute atomic E-state index is 0.250. The zero-order valence-electron chi connectivity index (χ0n) is 15.7. The first-order chi connectivity index (χ1) is 12.1. The van der Waals surface area contributed by atoms with Gasteiger partial charge in [0, 0.05) is 19.4 Å². The summed E-state index contributed by atoms with van der Waals surface area (Å²) >= 11 is 0. The normalized spacial score (nSPS) is 10.9. The first-order valence-electron chi connectivity index (χ1n) is 9.75. The molecule has 0 spiro atoms. The highest BCUT2D eigenvalue weighted by molar-refractivity contribution is 6.36. The average Bonchev–Trinajstić information content (AvgIpc) is 2.60. The van der Waals surface area contributed by atoms with Crippen LogP contribution >= 0.6 is 0 Å². The van der Waals surface area contributed by atoms with Gasteiger partial charge in [0.25, 0.3) is 5.91 Å². The van der Waals surface area contributed by atoms with E-state index in [0.717, 1.165) is 32.1 Å². The number of ketones is 1. The largest absolute Gasteiger partial charge is 0.481 e. The molecule has 0 radical (unpaired) electrons. The number of allylic oxidation sites excluding steroid dienone is 1. The molecule has 25 heavy (non-hydrogen) atoms. The molecule has 0 atom stereocenters. The van der Waals surface area contributed by atoms with Crippen LogP contribution < -0.4 is 5.32 Å². The van der Waals surface area contributed by atoms with Gasteiger partial charge in [0.15, 0.2) is 0 Å². The Labute approximate surface area is 152 Å². The lowest BCUT2D eigenvalue weighted by atomic mass is 10.1. The molecular formula is C20H35NO4. The van der Waals surface area contributed by atoms with Gasteiger partial charge in [-0.15, -0.1) is 0 Å². The van der Waals surface area contributed by atoms with Crippen molar-refractivity contribution in [1.82, 2.24) is 5.32 Å². The monoisotopic (exact) mass is 353 g/mol. The maximum absolute atomic E-state index is 11.2. The van der Waals surface area contributed by atoms with E-state index in [1.807, 2.05) is 6.08 Å². The number of nitrogens with one attached hydrogen (secondary N) is 1. The van der Waals surface area contributed by atoms with E-state index in [1.54, 1.807) is 6.92 Å². The third-order valence-electron chi connectivity index (χ3n) is 4.13. The van der Waals surface area contributed by atoms with Gasteiger partial charge in [-0.2, -0.15) is 0 Å². The van der Waals surface area contributed by atoms with E-state index in [0.29, 0.717) is 13.0 Å². The maximum Gasteiger partial charge on any atom is 0.303 e. The maximum atomic E-state index is 11.2. The summed E-state index contributed by atoms with van der Waals surface area (Å²) in [6.45, 7) is 2.11. The Morgan fingerprint density at radius 3 is 1.84 bits per heavy atom. The molecule has 2 N–H and O–H groups in total. The zero-order valence-corrected chi connectivity index (χ0v) is 15.7. The highest BCUT2D eigenvalue weighted by Gasteiger charge is 2.08. The third-order valence-corrected chi connectivity index (χ3v) is 4.13. The summed E-state index contributed by atoms with van der Waals surface area (Å²) in [7, 11) is 0. The molecule has 0 unspecified atom stereocenters. The van der Waals surface area contributed by atoms with Crippen molar-refractivity contribution >= 4 is 17.7 Å². The number of hydrogen-bond donors (Lipinski definition) is 2. The van der Waals surface area contributed by atoms with Crippen LogP contribution in [0.15, 0.2) is 12.2 Å². The summed E-state index contributed by atoms with van der Waals surface area (Å²) in [5.74, 6) is -1.55. The molecule has 0 aliphatic heterocycles. The van der Waals surface area contributed by atoms with Gasteiger partial charge in [-0.05, 0) is 19.3 Å². The molecule has 0 aromatic rings. The lowest BCUT2D eigenvalue weighted by Gasteiger charge is -2.02. The standard InChI is InChI=1S/C20H35NO4/c1-2-18(22)20(25)21-17-15-13-11-9-7-5-3-4-6-8-10-12-14-16-19(23)24/h13,15H,2-12,14,16-17H2,1H3,(H,21,25)(H,23,24)/b15-13-. The Balaban J connectivity index is 3.23. The summed E-state index contributed by atoms with van der Waals surface area (Å²) in [4.78, 5) is 32.6. The van der Waals surface area contributed by atoms with Crippen molar-refractivity contribution in [1.29, 1.82) is 0 Å². The molecule has 0 aromatic carbocycles. The molecule has 0 saturated heterocycles. The molecule has 5 heteroatoms. The number of unbranched alkanes of at least 4 members (excludes halogenated alkanes) is 10. The number of carboxylic acids is 1. The van der Waals surface area contributed by atoms with Gasteiger partial charge in [-0.3, -0.25) is 14.4 Å². The number of carbonyl (C=O) groups is 3. The molecule has 5 nitrogen and oxygen atoms in total. The van der Waals surface area contributed by atoms with Crippen LogP contribution in [0.3, 0.4) is 0 Å². The predicted octanol–water partition coefficient (Wildman–Crippen LogP) is 4.40. The van der Waals surface area contributed by atoms with Gasteiger partial charge in [0.2, 0.25) is 5.78 Å². The van der Waals surface area contributed by atoms with Crippen LogP contribution in [0.1, 0.15) is 90.4 Å². The van der Waals surface area contributed by atoms with Crippen molar-refractivity contribution in [3.8, 4) is 0 Å². The van der Waals surface area contributed by atoms with Crippen LogP contribution in [0.5, 0.6) is 0 Å². The van der Waals surface area contributed by atoms with Crippen molar-refractivity contribution in [3.05, 3.63) is 12.2 Å². The van der Waals surface area contributed by atoms with Gasteiger partial charge >= 0.3 is 5.97 Å². The van der Waals surface area contributed by atoms with Crippen molar-refractivity contribution < 1.29 is 19.5 Å². The summed E-state index contributed by atoms with van der Waals surface area (Å²) < 4.78 is 0. The van der Waals surface area contributed by atoms with Gasteiger partial charge in [0.1, 0.15) is 0 Å². The molecule has 0 saturated carbocycles. The van der Waals surface area contributed by atoms with Crippen LogP contribution in [-0.4, -0.2) is 29.3 Å². The number of Topliss-reactive ketones (excluding diaryl/α,β-unsaturated/α-hetero) is 1. The molecule has 0 aliphatic carbocycles. The summed E-state index contributed by atoms with van der Waals surface area (Å²) in [6.07, 6.45) is 17.2. The number of amides is 1. The van der Waals surface area contributed by atoms with E-state index in [1.165, 1.54) is 38.5 Å². The highest BCUT2D eigenvalue weighted by Crippen LogP contribution is 2.12. The molecule has 0 fully saturated rings. The SMILES string of the molecule is CCC(=O)C(=O)NC/C=C\CCCCCCCCCCCCC(=O)O.